The van der Waals surface area contributed by atoms with E-state index >= 15 is 0 Å². The molecule has 0 atom stereocenters. The standard InChI is InChI=1S/C20H34N4O2S.HI/c1-5-17-6-8-18(9-7-17)20(2,3)16-23-19(21-4)22-10-11-24-12-14-27(25,26)15-13-24;/h6-9H,5,10-16H2,1-4H3,(H2,21,22,23);1H. The van der Waals surface area contributed by atoms with Crippen LogP contribution in [0.5, 0.6) is 0 Å². The van der Waals surface area contributed by atoms with Crippen LogP contribution in [0.4, 0.5) is 0 Å². The molecular weight excluding hydrogens is 487 g/mol. The summed E-state index contributed by atoms with van der Waals surface area (Å²) in [7, 11) is -1.05. The fourth-order valence-corrected chi connectivity index (χ4v) is 4.40. The Hall–Kier alpha value is -0.870. The highest BCUT2D eigenvalue weighted by molar-refractivity contribution is 14.0. The van der Waals surface area contributed by atoms with Gasteiger partial charge in [0.25, 0.3) is 0 Å². The number of guanidine groups is 1. The molecule has 1 heterocycles. The zero-order valence-corrected chi connectivity index (χ0v) is 20.6. The number of rotatable bonds is 7. The molecule has 0 amide bonds. The summed E-state index contributed by atoms with van der Waals surface area (Å²) in [6.45, 7) is 10.2. The van der Waals surface area contributed by atoms with Gasteiger partial charge in [-0.3, -0.25) is 9.89 Å². The first-order valence-corrected chi connectivity index (χ1v) is 11.5. The van der Waals surface area contributed by atoms with Crippen molar-refractivity contribution in [2.45, 2.75) is 32.6 Å². The highest BCUT2D eigenvalue weighted by Gasteiger charge is 2.22. The molecule has 28 heavy (non-hydrogen) atoms. The Bertz CT molecular complexity index is 719. The van der Waals surface area contributed by atoms with E-state index in [0.717, 1.165) is 32.0 Å². The lowest BCUT2D eigenvalue weighted by atomic mass is 9.84. The molecule has 0 bridgehead atoms. The van der Waals surface area contributed by atoms with E-state index in [1.54, 1.807) is 7.05 Å². The van der Waals surface area contributed by atoms with Crippen LogP contribution < -0.4 is 10.6 Å². The number of aliphatic imine (C=N–C) groups is 1. The Balaban J connectivity index is 0.00000392. The van der Waals surface area contributed by atoms with Gasteiger partial charge in [-0.15, -0.1) is 24.0 Å². The van der Waals surface area contributed by atoms with Gasteiger partial charge in [-0.2, -0.15) is 0 Å². The monoisotopic (exact) mass is 522 g/mol. The van der Waals surface area contributed by atoms with Crippen molar-refractivity contribution in [3.8, 4) is 0 Å². The summed E-state index contributed by atoms with van der Waals surface area (Å²) < 4.78 is 23.0. The van der Waals surface area contributed by atoms with Crippen LogP contribution in [0.2, 0.25) is 0 Å². The smallest absolute Gasteiger partial charge is 0.191 e. The Labute approximate surface area is 187 Å². The van der Waals surface area contributed by atoms with Crippen LogP contribution in [-0.4, -0.2) is 70.6 Å². The lowest BCUT2D eigenvalue weighted by Crippen LogP contribution is -2.47. The first kappa shape index (κ1) is 25.2. The maximum absolute atomic E-state index is 11.5. The van der Waals surface area contributed by atoms with E-state index in [0.29, 0.717) is 13.1 Å². The van der Waals surface area contributed by atoms with Crippen LogP contribution in [0.1, 0.15) is 31.9 Å². The Morgan fingerprint density at radius 1 is 1.14 bits per heavy atom. The lowest BCUT2D eigenvalue weighted by molar-refractivity contribution is 0.299. The average molecular weight is 522 g/mol. The number of hydrogen-bond acceptors (Lipinski definition) is 4. The van der Waals surface area contributed by atoms with Gasteiger partial charge in [0.15, 0.2) is 15.8 Å². The van der Waals surface area contributed by atoms with Crippen LogP contribution >= 0.6 is 24.0 Å². The van der Waals surface area contributed by atoms with Crippen molar-refractivity contribution in [2.75, 3.05) is 51.3 Å². The predicted molar refractivity (Wildman–Crippen MR) is 129 cm³/mol. The molecule has 1 saturated heterocycles. The summed E-state index contributed by atoms with van der Waals surface area (Å²) in [5, 5.41) is 6.74. The highest BCUT2D eigenvalue weighted by Crippen LogP contribution is 2.22. The van der Waals surface area contributed by atoms with Crippen LogP contribution in [0.15, 0.2) is 29.3 Å². The first-order chi connectivity index (χ1) is 12.8. The van der Waals surface area contributed by atoms with Crippen molar-refractivity contribution >= 4 is 39.8 Å². The first-order valence-electron chi connectivity index (χ1n) is 9.72. The van der Waals surface area contributed by atoms with Gasteiger partial charge >= 0.3 is 0 Å². The molecule has 0 aliphatic carbocycles. The number of hydrogen-bond donors (Lipinski definition) is 2. The fraction of sp³-hybridized carbons (Fsp3) is 0.650. The maximum Gasteiger partial charge on any atom is 0.191 e. The number of nitrogens with zero attached hydrogens (tertiary/aromatic N) is 2. The number of sulfone groups is 1. The summed E-state index contributed by atoms with van der Waals surface area (Å²) in [5.74, 6) is 1.31. The van der Waals surface area contributed by atoms with Gasteiger partial charge in [0.05, 0.1) is 11.5 Å². The normalized spacial score (nSPS) is 17.6. The van der Waals surface area contributed by atoms with Crippen LogP contribution in [-0.2, 0) is 21.7 Å². The van der Waals surface area contributed by atoms with Gasteiger partial charge in [-0.1, -0.05) is 45.0 Å². The predicted octanol–water partition coefficient (Wildman–Crippen LogP) is 2.04. The van der Waals surface area contributed by atoms with E-state index in [-0.39, 0.29) is 40.9 Å². The average Bonchev–Trinajstić information content (AvgIpc) is 2.65. The molecule has 160 valence electrons. The third-order valence-electron chi connectivity index (χ3n) is 5.22. The fourth-order valence-electron chi connectivity index (χ4n) is 3.13. The third-order valence-corrected chi connectivity index (χ3v) is 6.83. The number of benzene rings is 1. The minimum atomic E-state index is -2.82. The zero-order valence-electron chi connectivity index (χ0n) is 17.5. The van der Waals surface area contributed by atoms with Gasteiger partial charge in [0, 0.05) is 45.2 Å². The molecule has 1 aromatic carbocycles. The second-order valence-corrected chi connectivity index (χ2v) is 10.1. The van der Waals surface area contributed by atoms with E-state index in [2.05, 4.69) is 65.6 Å². The molecule has 0 unspecified atom stereocenters. The number of nitrogens with one attached hydrogen (secondary N) is 2. The second kappa shape index (κ2) is 11.3. The van der Waals surface area contributed by atoms with Crippen molar-refractivity contribution < 1.29 is 8.42 Å². The minimum absolute atomic E-state index is 0. The minimum Gasteiger partial charge on any atom is -0.356 e. The van der Waals surface area contributed by atoms with E-state index in [1.165, 1.54) is 11.1 Å². The van der Waals surface area contributed by atoms with E-state index < -0.39 is 9.84 Å². The molecule has 2 N–H and O–H groups in total. The van der Waals surface area contributed by atoms with Crippen LogP contribution in [0.3, 0.4) is 0 Å². The Morgan fingerprint density at radius 2 is 1.75 bits per heavy atom. The largest absolute Gasteiger partial charge is 0.356 e. The molecule has 1 aliphatic rings. The molecule has 1 fully saturated rings. The summed E-state index contributed by atoms with van der Waals surface area (Å²) >= 11 is 0. The van der Waals surface area contributed by atoms with E-state index in [4.69, 9.17) is 0 Å². The summed E-state index contributed by atoms with van der Waals surface area (Å²) in [4.78, 5) is 6.48. The molecule has 2 rings (SSSR count). The molecular formula is C20H35IN4O2S. The SMILES string of the molecule is CCc1ccc(C(C)(C)CNC(=NC)NCCN2CCS(=O)(=O)CC2)cc1.I. The van der Waals surface area contributed by atoms with Crippen LogP contribution in [0.25, 0.3) is 0 Å². The van der Waals surface area contributed by atoms with Crippen LogP contribution in [0, 0.1) is 0 Å². The zero-order chi connectivity index (χ0) is 19.9. The van der Waals surface area contributed by atoms with Crippen molar-refractivity contribution in [1.29, 1.82) is 0 Å². The van der Waals surface area contributed by atoms with Crippen molar-refractivity contribution in [3.63, 3.8) is 0 Å². The van der Waals surface area contributed by atoms with Gasteiger partial charge in [-0.05, 0) is 17.5 Å². The van der Waals surface area contributed by atoms with Gasteiger partial charge in [0.1, 0.15) is 0 Å². The topological polar surface area (TPSA) is 73.8 Å². The molecule has 0 spiro atoms. The van der Waals surface area contributed by atoms with Gasteiger partial charge in [-0.25, -0.2) is 8.42 Å². The Kier molecular flexibility index (Phi) is 10.2. The van der Waals surface area contributed by atoms with E-state index in [9.17, 15) is 8.42 Å². The number of aryl methyl sites for hydroxylation is 1. The van der Waals surface area contributed by atoms with Crippen molar-refractivity contribution in [3.05, 3.63) is 35.4 Å². The summed E-state index contributed by atoms with van der Waals surface area (Å²) in [6, 6.07) is 8.81. The van der Waals surface area contributed by atoms with Gasteiger partial charge in [0.2, 0.25) is 0 Å². The lowest BCUT2D eigenvalue weighted by Gasteiger charge is -2.28. The molecule has 8 heteroatoms. The van der Waals surface area contributed by atoms with Gasteiger partial charge < -0.3 is 10.6 Å². The maximum atomic E-state index is 11.5. The molecule has 0 saturated carbocycles. The summed E-state index contributed by atoms with van der Waals surface area (Å²) in [5.41, 5.74) is 2.65. The number of halogens is 1. The molecule has 0 radical (unpaired) electrons. The molecule has 6 nitrogen and oxygen atoms in total. The molecule has 1 aliphatic heterocycles. The Morgan fingerprint density at radius 3 is 2.29 bits per heavy atom. The van der Waals surface area contributed by atoms with E-state index in [1.807, 2.05) is 0 Å². The second-order valence-electron chi connectivity index (χ2n) is 7.78. The quantitative estimate of drug-likeness (QED) is 0.326. The summed E-state index contributed by atoms with van der Waals surface area (Å²) in [6.07, 6.45) is 1.05. The third kappa shape index (κ3) is 7.87. The van der Waals surface area contributed by atoms with Crippen molar-refractivity contribution in [1.82, 2.24) is 15.5 Å². The molecule has 0 aromatic heterocycles. The van der Waals surface area contributed by atoms with Crippen molar-refractivity contribution in [2.24, 2.45) is 4.99 Å². The highest BCUT2D eigenvalue weighted by atomic mass is 127. The molecule has 1 aromatic rings.